The first kappa shape index (κ1) is 21.6. The molecule has 6 nitrogen and oxygen atoms in total. The molecule has 0 amide bonds. The van der Waals surface area contributed by atoms with Crippen LogP contribution in [0.1, 0.15) is 15.9 Å². The van der Waals surface area contributed by atoms with Crippen LogP contribution in [0.25, 0.3) is 27.2 Å². The molecule has 2 heterocycles. The van der Waals surface area contributed by atoms with Crippen LogP contribution in [0.5, 0.6) is 5.19 Å². The van der Waals surface area contributed by atoms with E-state index in [0.717, 1.165) is 37.9 Å². The number of para-hydroxylation sites is 2. The third kappa shape index (κ3) is 5.05. The van der Waals surface area contributed by atoms with Crippen molar-refractivity contribution in [3.8, 4) is 5.19 Å². The summed E-state index contributed by atoms with van der Waals surface area (Å²) in [5.74, 6) is -0.944. The fourth-order valence-corrected chi connectivity index (χ4v) is 4.37. The molecule has 0 aliphatic rings. The summed E-state index contributed by atoms with van der Waals surface area (Å²) in [6, 6.07) is 24.8. The zero-order valence-corrected chi connectivity index (χ0v) is 19.0. The summed E-state index contributed by atoms with van der Waals surface area (Å²) in [5, 5.41) is 14.3. The fraction of sp³-hybridized carbons (Fsp3) is 0.0741. The van der Waals surface area contributed by atoms with E-state index in [2.05, 4.69) is 21.4 Å². The van der Waals surface area contributed by atoms with Gasteiger partial charge in [0, 0.05) is 11.9 Å². The summed E-state index contributed by atoms with van der Waals surface area (Å²) in [6.45, 7) is 0.875. The minimum absolute atomic E-state index is 0.254. The predicted octanol–water partition coefficient (Wildman–Crippen LogP) is 6.12. The Kier molecular flexibility index (Phi) is 6.18. The number of hydrogen-bond donors (Lipinski definition) is 2. The number of thiazole rings is 1. The number of rotatable bonds is 8. The van der Waals surface area contributed by atoms with Gasteiger partial charge in [0.05, 0.1) is 33.2 Å². The van der Waals surface area contributed by atoms with Crippen LogP contribution in [-0.4, -0.2) is 34.2 Å². The van der Waals surface area contributed by atoms with Crippen LogP contribution < -0.4 is 10.1 Å². The maximum Gasteiger partial charge on any atom is 0.335 e. The van der Waals surface area contributed by atoms with Crippen molar-refractivity contribution in [2.24, 2.45) is 0 Å². The average Bonchev–Trinajstić information content (AvgIpc) is 3.29. The number of aromatic carboxylic acids is 1. The molecular weight excluding hydrogens is 446 g/mol. The Morgan fingerprint density at radius 2 is 1.76 bits per heavy atom. The van der Waals surface area contributed by atoms with Gasteiger partial charge in [-0.25, -0.2) is 9.78 Å². The highest BCUT2D eigenvalue weighted by molar-refractivity contribution is 7.20. The van der Waals surface area contributed by atoms with Crippen LogP contribution in [0.4, 0.5) is 5.69 Å². The van der Waals surface area contributed by atoms with E-state index in [1.165, 1.54) is 11.3 Å². The number of carboxylic acids is 1. The number of anilines is 1. The van der Waals surface area contributed by atoms with E-state index in [-0.39, 0.29) is 5.56 Å². The van der Waals surface area contributed by atoms with Crippen molar-refractivity contribution >= 4 is 50.2 Å². The number of carboxylic acid groups (broad SMARTS) is 1. The largest absolute Gasteiger partial charge is 0.478 e. The Morgan fingerprint density at radius 1 is 1.00 bits per heavy atom. The van der Waals surface area contributed by atoms with Crippen LogP contribution in [0.15, 0.2) is 90.6 Å². The molecule has 0 fully saturated rings. The van der Waals surface area contributed by atoms with E-state index in [0.29, 0.717) is 18.3 Å². The third-order valence-electron chi connectivity index (χ3n) is 5.29. The van der Waals surface area contributed by atoms with E-state index in [1.807, 2.05) is 60.8 Å². The second-order valence-corrected chi connectivity index (χ2v) is 8.73. The van der Waals surface area contributed by atoms with Crippen molar-refractivity contribution in [2.75, 3.05) is 18.5 Å². The Balaban J connectivity index is 1.36. The van der Waals surface area contributed by atoms with Crippen LogP contribution in [0, 0.1) is 0 Å². The van der Waals surface area contributed by atoms with Crippen molar-refractivity contribution in [3.05, 3.63) is 102 Å². The summed E-state index contributed by atoms with van der Waals surface area (Å²) in [5.41, 5.74) is 4.90. The maximum atomic E-state index is 11.2. The number of hydrogen-bond acceptors (Lipinski definition) is 6. The lowest BCUT2D eigenvalue weighted by molar-refractivity contribution is 0.0697. The molecule has 0 bridgehead atoms. The number of aromatic nitrogens is 2. The highest BCUT2D eigenvalue weighted by atomic mass is 32.1. The van der Waals surface area contributed by atoms with E-state index in [1.54, 1.807) is 24.3 Å². The van der Waals surface area contributed by atoms with Gasteiger partial charge in [-0.05, 0) is 47.5 Å². The molecule has 0 spiro atoms. The highest BCUT2D eigenvalue weighted by Gasteiger charge is 2.08. The van der Waals surface area contributed by atoms with Crippen LogP contribution in [-0.2, 0) is 0 Å². The Bertz CT molecular complexity index is 1460. The van der Waals surface area contributed by atoms with Crippen LogP contribution in [0.3, 0.4) is 0 Å². The third-order valence-corrected chi connectivity index (χ3v) is 6.24. The van der Waals surface area contributed by atoms with Crippen LogP contribution in [0.2, 0.25) is 0 Å². The van der Waals surface area contributed by atoms with Gasteiger partial charge in [0.15, 0.2) is 0 Å². The van der Waals surface area contributed by atoms with Gasteiger partial charge in [0.2, 0.25) is 0 Å². The van der Waals surface area contributed by atoms with Gasteiger partial charge >= 0.3 is 5.97 Å². The number of ether oxygens (including phenoxy) is 1. The Hall–Kier alpha value is -4.23. The summed E-state index contributed by atoms with van der Waals surface area (Å²) >= 11 is 1.51. The molecule has 0 aliphatic heterocycles. The molecule has 2 N–H and O–H groups in total. The van der Waals surface area contributed by atoms with Crippen molar-refractivity contribution in [2.45, 2.75) is 0 Å². The second kappa shape index (κ2) is 9.72. The van der Waals surface area contributed by atoms with Crippen molar-refractivity contribution in [1.29, 1.82) is 0 Å². The van der Waals surface area contributed by atoms with E-state index in [4.69, 9.17) is 9.84 Å². The first-order valence-electron chi connectivity index (χ1n) is 10.7. The topological polar surface area (TPSA) is 84.3 Å². The van der Waals surface area contributed by atoms with Gasteiger partial charge in [-0.1, -0.05) is 59.9 Å². The number of fused-ring (bicyclic) bond motifs is 2. The van der Waals surface area contributed by atoms with E-state index >= 15 is 0 Å². The second-order valence-electron chi connectivity index (χ2n) is 7.74. The van der Waals surface area contributed by atoms with E-state index < -0.39 is 5.97 Å². The molecule has 7 heteroatoms. The lowest BCUT2D eigenvalue weighted by Gasteiger charge is -2.12. The SMILES string of the molecule is O=C(O)c1ccc(C=C(CNc2cnc3ccccc3c2)COc2nc3ccccc3s2)cc1. The van der Waals surface area contributed by atoms with Gasteiger partial charge in [0.1, 0.15) is 6.61 Å². The molecule has 5 aromatic rings. The monoisotopic (exact) mass is 467 g/mol. The first-order valence-corrected chi connectivity index (χ1v) is 11.6. The molecule has 2 aromatic heterocycles. The molecule has 0 unspecified atom stereocenters. The van der Waals surface area contributed by atoms with Crippen LogP contribution >= 0.6 is 11.3 Å². The molecule has 0 atom stereocenters. The summed E-state index contributed by atoms with van der Waals surface area (Å²) in [7, 11) is 0. The summed E-state index contributed by atoms with van der Waals surface area (Å²) in [6.07, 6.45) is 3.82. The first-order chi connectivity index (χ1) is 16.6. The zero-order chi connectivity index (χ0) is 23.3. The number of pyridine rings is 1. The number of nitrogens with one attached hydrogen (secondary N) is 1. The minimum atomic E-state index is -0.944. The maximum absolute atomic E-state index is 11.2. The molecule has 0 radical (unpaired) electrons. The van der Waals surface area contributed by atoms with Gasteiger partial charge in [-0.15, -0.1) is 0 Å². The Labute approximate surface area is 200 Å². The van der Waals surface area contributed by atoms with E-state index in [9.17, 15) is 4.79 Å². The van der Waals surface area contributed by atoms with Crippen molar-refractivity contribution in [1.82, 2.24) is 9.97 Å². The standard InChI is InChI=1S/C27H21N3O3S/c31-26(32)20-11-9-18(10-12-20)13-19(17-33-27-30-24-7-3-4-8-25(24)34-27)15-28-22-14-21-5-1-2-6-23(21)29-16-22/h1-14,16,28H,15,17H2,(H,31,32). The normalized spacial score (nSPS) is 11.6. The number of nitrogens with zero attached hydrogens (tertiary/aromatic N) is 2. The van der Waals surface area contributed by atoms with Crippen molar-refractivity contribution < 1.29 is 14.6 Å². The zero-order valence-electron chi connectivity index (χ0n) is 18.1. The molecular formula is C27H21N3O3S. The highest BCUT2D eigenvalue weighted by Crippen LogP contribution is 2.27. The molecule has 0 saturated heterocycles. The van der Waals surface area contributed by atoms with Gasteiger partial charge in [-0.2, -0.15) is 0 Å². The summed E-state index contributed by atoms with van der Waals surface area (Å²) in [4.78, 5) is 20.2. The molecule has 5 rings (SSSR count). The minimum Gasteiger partial charge on any atom is -0.478 e. The van der Waals surface area contributed by atoms with Gasteiger partial charge < -0.3 is 15.2 Å². The quantitative estimate of drug-likeness (QED) is 0.286. The molecule has 34 heavy (non-hydrogen) atoms. The van der Waals surface area contributed by atoms with Gasteiger partial charge in [-0.3, -0.25) is 4.98 Å². The lowest BCUT2D eigenvalue weighted by Crippen LogP contribution is -2.12. The summed E-state index contributed by atoms with van der Waals surface area (Å²) < 4.78 is 7.11. The molecule has 0 saturated carbocycles. The van der Waals surface area contributed by atoms with Crippen molar-refractivity contribution in [3.63, 3.8) is 0 Å². The Morgan fingerprint density at radius 3 is 2.56 bits per heavy atom. The number of carbonyl (C=O) groups is 1. The lowest BCUT2D eigenvalue weighted by atomic mass is 10.1. The molecule has 168 valence electrons. The molecule has 3 aromatic carbocycles. The number of benzene rings is 3. The molecule has 0 aliphatic carbocycles. The average molecular weight is 468 g/mol. The smallest absolute Gasteiger partial charge is 0.335 e. The predicted molar refractivity (Wildman–Crippen MR) is 137 cm³/mol. The van der Waals surface area contributed by atoms with Gasteiger partial charge in [0.25, 0.3) is 5.19 Å². The fourth-order valence-electron chi connectivity index (χ4n) is 3.55.